The highest BCUT2D eigenvalue weighted by molar-refractivity contribution is 6.05. The van der Waals surface area contributed by atoms with Gasteiger partial charge >= 0.3 is 11.6 Å². The first-order chi connectivity index (χ1) is 12.0. The number of anilines is 1. The van der Waals surface area contributed by atoms with E-state index < -0.39 is 11.5 Å². The normalized spacial score (nSPS) is 10.0. The van der Waals surface area contributed by atoms with Gasteiger partial charge in [0, 0.05) is 37.3 Å². The van der Waals surface area contributed by atoms with E-state index in [0.717, 1.165) is 10.1 Å². The van der Waals surface area contributed by atoms with Crippen molar-refractivity contribution in [2.24, 2.45) is 0 Å². The quantitative estimate of drug-likeness (QED) is 0.792. The summed E-state index contributed by atoms with van der Waals surface area (Å²) in [5.74, 6) is 4.89. The monoisotopic (exact) mass is 339 g/mol. The molecule has 0 atom stereocenters. The maximum Gasteiger partial charge on any atom is 0.331 e. The van der Waals surface area contributed by atoms with Crippen LogP contribution >= 0.6 is 0 Å². The smallest absolute Gasteiger partial charge is 0.299 e. The average Bonchev–Trinajstić information content (AvgIpc) is 2.63. The molecular formula is C19H21N3O3. The van der Waals surface area contributed by atoms with Gasteiger partial charge in [-0.05, 0) is 32.9 Å². The third kappa shape index (κ3) is 3.89. The zero-order chi connectivity index (χ0) is 18.4. The molecule has 0 aliphatic rings. The Morgan fingerprint density at radius 1 is 1.08 bits per heavy atom. The minimum absolute atomic E-state index is 0.165. The van der Waals surface area contributed by atoms with Crippen LogP contribution in [0.3, 0.4) is 0 Å². The number of carbonyl (C=O) groups excluding carboxylic acids is 1. The van der Waals surface area contributed by atoms with E-state index in [1.54, 1.807) is 26.0 Å². The van der Waals surface area contributed by atoms with Crippen LogP contribution in [0.4, 0.5) is 5.69 Å². The molecule has 0 fully saturated rings. The molecule has 0 aliphatic heterocycles. The van der Waals surface area contributed by atoms with Gasteiger partial charge in [0.15, 0.2) is 0 Å². The molecule has 0 saturated carbocycles. The van der Waals surface area contributed by atoms with Crippen molar-refractivity contribution in [3.63, 3.8) is 0 Å². The van der Waals surface area contributed by atoms with Crippen LogP contribution in [0.15, 0.2) is 46.1 Å². The Balaban J connectivity index is 2.48. The van der Waals surface area contributed by atoms with Gasteiger partial charge < -0.3 is 0 Å². The number of benzene rings is 1. The summed E-state index contributed by atoms with van der Waals surface area (Å²) in [5, 5.41) is 0. The summed E-state index contributed by atoms with van der Waals surface area (Å²) in [7, 11) is 0. The fourth-order valence-corrected chi connectivity index (χ4v) is 2.47. The molecule has 6 nitrogen and oxygen atoms in total. The summed E-state index contributed by atoms with van der Waals surface area (Å²) in [6.07, 6.45) is 1.43. The minimum Gasteiger partial charge on any atom is -0.299 e. The SMILES string of the molecule is CCN(C(=O)C#Cc1ccccc1)c1cn(CC)c(=O)n(CC)c1=O. The third-order valence-electron chi connectivity index (χ3n) is 3.82. The Labute approximate surface area is 146 Å². The number of nitrogens with zero attached hydrogens (tertiary/aromatic N) is 3. The lowest BCUT2D eigenvalue weighted by atomic mass is 10.2. The van der Waals surface area contributed by atoms with Crippen LogP contribution < -0.4 is 16.1 Å². The molecule has 0 saturated heterocycles. The first-order valence-corrected chi connectivity index (χ1v) is 8.26. The van der Waals surface area contributed by atoms with Crippen molar-refractivity contribution in [3.05, 3.63) is 62.9 Å². The number of carbonyl (C=O) groups is 1. The topological polar surface area (TPSA) is 64.3 Å². The van der Waals surface area contributed by atoms with Crippen LogP contribution in [0.2, 0.25) is 0 Å². The van der Waals surface area contributed by atoms with E-state index >= 15 is 0 Å². The Morgan fingerprint density at radius 3 is 2.32 bits per heavy atom. The zero-order valence-corrected chi connectivity index (χ0v) is 14.7. The Kier molecular flexibility index (Phi) is 5.96. The van der Waals surface area contributed by atoms with Crippen molar-refractivity contribution < 1.29 is 4.79 Å². The molecule has 25 heavy (non-hydrogen) atoms. The number of rotatable bonds is 4. The largest absolute Gasteiger partial charge is 0.331 e. The fraction of sp³-hybridized carbons (Fsp3) is 0.316. The summed E-state index contributed by atoms with van der Waals surface area (Å²) < 4.78 is 2.54. The van der Waals surface area contributed by atoms with Crippen LogP contribution in [0.5, 0.6) is 0 Å². The zero-order valence-electron chi connectivity index (χ0n) is 14.7. The van der Waals surface area contributed by atoms with Gasteiger partial charge in [0.25, 0.3) is 5.56 Å². The van der Waals surface area contributed by atoms with Gasteiger partial charge in [-0.3, -0.25) is 23.6 Å². The summed E-state index contributed by atoms with van der Waals surface area (Å²) >= 11 is 0. The number of aromatic nitrogens is 2. The molecule has 0 bridgehead atoms. The van der Waals surface area contributed by atoms with Crippen molar-refractivity contribution in [2.75, 3.05) is 11.4 Å². The highest BCUT2D eigenvalue weighted by Gasteiger charge is 2.19. The molecule has 0 spiro atoms. The maximum absolute atomic E-state index is 12.6. The highest BCUT2D eigenvalue weighted by Crippen LogP contribution is 2.07. The van der Waals surface area contributed by atoms with E-state index in [1.807, 2.05) is 25.1 Å². The summed E-state index contributed by atoms with van der Waals surface area (Å²) in [6, 6.07) is 9.15. The lowest BCUT2D eigenvalue weighted by molar-refractivity contribution is -0.113. The number of hydrogen-bond donors (Lipinski definition) is 0. The van der Waals surface area contributed by atoms with Crippen LogP contribution in [-0.2, 0) is 17.9 Å². The van der Waals surface area contributed by atoms with Gasteiger partial charge in [0.2, 0.25) is 0 Å². The second-order valence-electron chi connectivity index (χ2n) is 5.30. The van der Waals surface area contributed by atoms with Crippen LogP contribution in [0.1, 0.15) is 26.3 Å². The number of amides is 1. The van der Waals surface area contributed by atoms with Crippen molar-refractivity contribution in [1.29, 1.82) is 0 Å². The third-order valence-corrected chi connectivity index (χ3v) is 3.82. The molecule has 2 rings (SSSR count). The van der Waals surface area contributed by atoms with Gasteiger partial charge in [-0.1, -0.05) is 24.1 Å². The maximum atomic E-state index is 12.6. The van der Waals surface area contributed by atoms with E-state index in [0.29, 0.717) is 6.54 Å². The number of hydrogen-bond acceptors (Lipinski definition) is 3. The van der Waals surface area contributed by atoms with E-state index in [9.17, 15) is 14.4 Å². The summed E-state index contributed by atoms with van der Waals surface area (Å²) in [6.45, 7) is 6.23. The molecule has 1 heterocycles. The van der Waals surface area contributed by atoms with Crippen LogP contribution in [0, 0.1) is 11.8 Å². The number of aryl methyl sites for hydroxylation is 1. The Bertz CT molecular complexity index is 930. The second-order valence-corrected chi connectivity index (χ2v) is 5.30. The molecule has 2 aromatic rings. The molecule has 0 unspecified atom stereocenters. The lowest BCUT2D eigenvalue weighted by Gasteiger charge is -2.19. The first-order valence-electron chi connectivity index (χ1n) is 8.26. The predicted molar refractivity (Wildman–Crippen MR) is 97.7 cm³/mol. The van der Waals surface area contributed by atoms with Gasteiger partial charge in [0.1, 0.15) is 5.69 Å². The van der Waals surface area contributed by atoms with Crippen molar-refractivity contribution in [1.82, 2.24) is 9.13 Å². The lowest BCUT2D eigenvalue weighted by Crippen LogP contribution is -2.44. The van der Waals surface area contributed by atoms with Crippen LogP contribution in [0.25, 0.3) is 0 Å². The molecule has 0 N–H and O–H groups in total. The fourth-order valence-electron chi connectivity index (χ4n) is 2.47. The van der Waals surface area contributed by atoms with Gasteiger partial charge in [0.05, 0.1) is 0 Å². The van der Waals surface area contributed by atoms with Crippen molar-refractivity contribution >= 4 is 11.6 Å². The van der Waals surface area contributed by atoms with E-state index in [1.165, 1.54) is 15.7 Å². The Morgan fingerprint density at radius 2 is 1.76 bits per heavy atom. The van der Waals surface area contributed by atoms with Gasteiger partial charge in [-0.2, -0.15) is 0 Å². The molecule has 0 radical (unpaired) electrons. The predicted octanol–water partition coefficient (Wildman–Crippen LogP) is 1.45. The van der Waals surface area contributed by atoms with Gasteiger partial charge in [-0.25, -0.2) is 4.79 Å². The average molecular weight is 339 g/mol. The Hall–Kier alpha value is -3.07. The van der Waals surface area contributed by atoms with Crippen molar-refractivity contribution in [2.45, 2.75) is 33.9 Å². The molecule has 1 aromatic heterocycles. The highest BCUT2D eigenvalue weighted by atomic mass is 16.2. The van der Waals surface area contributed by atoms with Crippen LogP contribution in [-0.4, -0.2) is 21.6 Å². The molecule has 1 amide bonds. The standard InChI is InChI=1S/C19H21N3O3/c1-4-20-14-16(18(24)22(6-3)19(20)25)21(5-2)17(23)13-12-15-10-8-7-9-11-15/h7-11,14H,4-6H2,1-3H3. The summed E-state index contributed by atoms with van der Waals surface area (Å²) in [4.78, 5) is 38.6. The van der Waals surface area contributed by atoms with E-state index in [4.69, 9.17) is 0 Å². The molecule has 130 valence electrons. The van der Waals surface area contributed by atoms with E-state index in [-0.39, 0.29) is 24.5 Å². The molecule has 0 aliphatic carbocycles. The molecular weight excluding hydrogens is 318 g/mol. The summed E-state index contributed by atoms with van der Waals surface area (Å²) in [5.41, 5.74) is 0.0288. The first kappa shape index (κ1) is 18.3. The molecule has 1 aromatic carbocycles. The molecule has 6 heteroatoms. The van der Waals surface area contributed by atoms with E-state index in [2.05, 4.69) is 11.8 Å². The minimum atomic E-state index is -0.479. The second kappa shape index (κ2) is 8.15. The van der Waals surface area contributed by atoms with Crippen molar-refractivity contribution in [3.8, 4) is 11.8 Å². The van der Waals surface area contributed by atoms with Gasteiger partial charge in [-0.15, -0.1) is 0 Å².